The molecule has 0 saturated heterocycles. The van der Waals surface area contributed by atoms with Crippen LogP contribution in [0.5, 0.6) is 0 Å². The van der Waals surface area contributed by atoms with Crippen LogP contribution in [-0.4, -0.2) is 5.78 Å². The molecule has 0 unspecified atom stereocenters. The van der Waals surface area contributed by atoms with Gasteiger partial charge in [-0.2, -0.15) is 0 Å². The molecular formula is C12H20O. The third-order valence-corrected chi connectivity index (χ3v) is 2.99. The van der Waals surface area contributed by atoms with Crippen LogP contribution >= 0.6 is 0 Å². The molecule has 0 N–H and O–H groups in total. The zero-order valence-electron chi connectivity index (χ0n) is 8.86. The van der Waals surface area contributed by atoms with E-state index in [1.807, 2.05) is 0 Å². The summed E-state index contributed by atoms with van der Waals surface area (Å²) in [5, 5.41) is 0. The van der Waals surface area contributed by atoms with E-state index in [0.717, 1.165) is 32.1 Å². The van der Waals surface area contributed by atoms with Gasteiger partial charge in [0.25, 0.3) is 0 Å². The van der Waals surface area contributed by atoms with Gasteiger partial charge in [-0.3, -0.25) is 4.79 Å². The van der Waals surface area contributed by atoms with E-state index in [4.69, 9.17) is 0 Å². The van der Waals surface area contributed by atoms with Gasteiger partial charge in [0.1, 0.15) is 5.78 Å². The lowest BCUT2D eigenvalue weighted by atomic mass is 9.96. The van der Waals surface area contributed by atoms with E-state index in [1.165, 1.54) is 18.4 Å². The van der Waals surface area contributed by atoms with Gasteiger partial charge in [0.15, 0.2) is 0 Å². The van der Waals surface area contributed by atoms with E-state index < -0.39 is 0 Å². The zero-order chi connectivity index (χ0) is 9.68. The molecule has 0 saturated carbocycles. The highest BCUT2D eigenvalue weighted by Gasteiger charge is 2.06. The Hall–Kier alpha value is -0.590. The smallest absolute Gasteiger partial charge is 0.132 e. The van der Waals surface area contributed by atoms with Crippen LogP contribution in [0.15, 0.2) is 11.1 Å². The number of Topliss-reactive ketones (excluding diaryl/α,β-unsaturated/α-hetero) is 1. The third-order valence-electron chi connectivity index (χ3n) is 2.99. The summed E-state index contributed by atoms with van der Waals surface area (Å²) in [5.74, 6) is 0.465. The second kappa shape index (κ2) is 5.21. The Morgan fingerprint density at radius 3 is 1.92 bits per heavy atom. The van der Waals surface area contributed by atoms with Crippen LogP contribution in [0, 0.1) is 0 Å². The Balaban J connectivity index is 2.53. The molecule has 1 heteroatoms. The molecule has 0 fully saturated rings. The SMILES string of the molecule is C/C1=C(/C)CCCC(=O)CCCC1. The first-order valence-electron chi connectivity index (χ1n) is 5.37. The first kappa shape index (κ1) is 10.5. The van der Waals surface area contributed by atoms with Crippen molar-refractivity contribution in [3.63, 3.8) is 0 Å². The van der Waals surface area contributed by atoms with Crippen LogP contribution in [0.4, 0.5) is 0 Å². The molecule has 74 valence electrons. The minimum Gasteiger partial charge on any atom is -0.300 e. The molecule has 1 rings (SSSR count). The topological polar surface area (TPSA) is 17.1 Å². The second-order valence-electron chi connectivity index (χ2n) is 4.16. The summed E-state index contributed by atoms with van der Waals surface area (Å²) < 4.78 is 0. The highest BCUT2D eigenvalue weighted by molar-refractivity contribution is 5.78. The normalized spacial score (nSPS) is 27.4. The highest BCUT2D eigenvalue weighted by atomic mass is 16.1. The molecule has 0 aliphatic heterocycles. The number of rotatable bonds is 0. The van der Waals surface area contributed by atoms with E-state index in [-0.39, 0.29) is 0 Å². The van der Waals surface area contributed by atoms with E-state index >= 15 is 0 Å². The number of carbonyl (C=O) groups is 1. The number of carbonyl (C=O) groups excluding carboxylic acids is 1. The van der Waals surface area contributed by atoms with Crippen LogP contribution in [0.3, 0.4) is 0 Å². The van der Waals surface area contributed by atoms with Crippen molar-refractivity contribution < 1.29 is 4.79 Å². The van der Waals surface area contributed by atoms with Crippen molar-refractivity contribution in [3.8, 4) is 0 Å². The van der Waals surface area contributed by atoms with Gasteiger partial charge in [-0.15, -0.1) is 0 Å². The Kier molecular flexibility index (Phi) is 4.20. The molecule has 0 atom stereocenters. The van der Waals surface area contributed by atoms with Crippen molar-refractivity contribution in [3.05, 3.63) is 11.1 Å². The first-order chi connectivity index (χ1) is 6.20. The van der Waals surface area contributed by atoms with Gasteiger partial charge in [0.05, 0.1) is 0 Å². The summed E-state index contributed by atoms with van der Waals surface area (Å²) >= 11 is 0. The highest BCUT2D eigenvalue weighted by Crippen LogP contribution is 2.19. The molecular weight excluding hydrogens is 160 g/mol. The van der Waals surface area contributed by atoms with Crippen LogP contribution in [0.25, 0.3) is 0 Å². The summed E-state index contributed by atoms with van der Waals surface area (Å²) in [4.78, 5) is 11.3. The van der Waals surface area contributed by atoms with Crippen LogP contribution in [0.2, 0.25) is 0 Å². The molecule has 0 spiro atoms. The molecule has 0 aromatic heterocycles. The van der Waals surface area contributed by atoms with Gasteiger partial charge in [0, 0.05) is 12.8 Å². The monoisotopic (exact) mass is 180 g/mol. The van der Waals surface area contributed by atoms with E-state index in [2.05, 4.69) is 13.8 Å². The maximum atomic E-state index is 11.3. The van der Waals surface area contributed by atoms with Crippen molar-refractivity contribution in [2.24, 2.45) is 0 Å². The Morgan fingerprint density at radius 1 is 0.769 bits per heavy atom. The average molecular weight is 180 g/mol. The Bertz CT molecular complexity index is 213. The fraction of sp³-hybridized carbons (Fsp3) is 0.750. The predicted molar refractivity (Wildman–Crippen MR) is 55.7 cm³/mol. The molecule has 0 aromatic rings. The van der Waals surface area contributed by atoms with E-state index in [9.17, 15) is 4.79 Å². The standard InChI is InChI=1S/C12H20O/c1-10-6-3-4-8-12(13)9-5-7-11(10)2/h3-9H2,1-2H3/b11-10+. The summed E-state index contributed by atoms with van der Waals surface area (Å²) in [6.45, 7) is 4.44. The minimum atomic E-state index is 0.465. The fourth-order valence-electron chi connectivity index (χ4n) is 1.81. The van der Waals surface area contributed by atoms with Crippen molar-refractivity contribution >= 4 is 5.78 Å². The fourth-order valence-corrected chi connectivity index (χ4v) is 1.81. The van der Waals surface area contributed by atoms with Gasteiger partial charge < -0.3 is 0 Å². The van der Waals surface area contributed by atoms with E-state index in [1.54, 1.807) is 5.57 Å². The van der Waals surface area contributed by atoms with Crippen molar-refractivity contribution in [2.75, 3.05) is 0 Å². The molecule has 0 bridgehead atoms. The molecule has 1 aliphatic carbocycles. The average Bonchev–Trinajstić information content (AvgIpc) is 2.11. The van der Waals surface area contributed by atoms with Crippen molar-refractivity contribution in [2.45, 2.75) is 58.8 Å². The minimum absolute atomic E-state index is 0.465. The summed E-state index contributed by atoms with van der Waals surface area (Å²) in [5.41, 5.74) is 3.06. The summed E-state index contributed by atoms with van der Waals surface area (Å²) in [7, 11) is 0. The lowest BCUT2D eigenvalue weighted by Crippen LogP contribution is -2.00. The van der Waals surface area contributed by atoms with Crippen LogP contribution in [-0.2, 0) is 4.79 Å². The predicted octanol–water partition coefficient (Wildman–Crippen LogP) is 3.64. The quantitative estimate of drug-likeness (QED) is 0.520. The van der Waals surface area contributed by atoms with Crippen molar-refractivity contribution in [1.29, 1.82) is 0 Å². The molecule has 0 amide bonds. The molecule has 13 heavy (non-hydrogen) atoms. The second-order valence-corrected chi connectivity index (χ2v) is 4.16. The first-order valence-corrected chi connectivity index (χ1v) is 5.37. The lowest BCUT2D eigenvalue weighted by Gasteiger charge is -2.10. The summed E-state index contributed by atoms with van der Waals surface area (Å²) in [6.07, 6.45) is 7.26. The number of hydrogen-bond acceptors (Lipinski definition) is 1. The van der Waals surface area contributed by atoms with E-state index in [0.29, 0.717) is 5.78 Å². The molecule has 1 aliphatic rings. The van der Waals surface area contributed by atoms with Gasteiger partial charge in [-0.25, -0.2) is 0 Å². The zero-order valence-corrected chi connectivity index (χ0v) is 8.86. The van der Waals surface area contributed by atoms with Gasteiger partial charge >= 0.3 is 0 Å². The lowest BCUT2D eigenvalue weighted by molar-refractivity contribution is -0.119. The molecule has 0 radical (unpaired) electrons. The third kappa shape index (κ3) is 3.75. The molecule has 0 heterocycles. The number of ketones is 1. The van der Waals surface area contributed by atoms with Crippen molar-refractivity contribution in [1.82, 2.24) is 0 Å². The maximum Gasteiger partial charge on any atom is 0.132 e. The van der Waals surface area contributed by atoms with Crippen LogP contribution in [0.1, 0.15) is 58.8 Å². The molecule has 0 aromatic carbocycles. The largest absolute Gasteiger partial charge is 0.300 e. The van der Waals surface area contributed by atoms with Gasteiger partial charge in [-0.1, -0.05) is 11.1 Å². The number of allylic oxidation sites excluding steroid dienone is 2. The Labute approximate surface area is 81.2 Å². The van der Waals surface area contributed by atoms with Gasteiger partial charge in [0.2, 0.25) is 0 Å². The van der Waals surface area contributed by atoms with Crippen LogP contribution < -0.4 is 0 Å². The number of hydrogen-bond donors (Lipinski definition) is 0. The molecule has 1 nitrogen and oxygen atoms in total. The summed E-state index contributed by atoms with van der Waals surface area (Å²) in [6, 6.07) is 0. The van der Waals surface area contributed by atoms with Gasteiger partial charge in [-0.05, 0) is 46.0 Å². The maximum absolute atomic E-state index is 11.3. The Morgan fingerprint density at radius 2 is 1.23 bits per heavy atom.